The zero-order chi connectivity index (χ0) is 15.2. The summed E-state index contributed by atoms with van der Waals surface area (Å²) in [5.41, 5.74) is -0.198. The number of halogens is 1. The molecule has 1 atom stereocenters. The van der Waals surface area contributed by atoms with E-state index >= 15 is 4.39 Å². The van der Waals surface area contributed by atoms with Crippen LogP contribution in [0.4, 0.5) is 10.1 Å². The van der Waals surface area contributed by atoms with E-state index in [0.717, 1.165) is 16.3 Å². The Hall–Kier alpha value is -2.68. The Balaban J connectivity index is 1.76. The first kappa shape index (κ1) is 13.0. The molecule has 0 bridgehead atoms. The van der Waals surface area contributed by atoms with Crippen molar-refractivity contribution in [3.8, 4) is 0 Å². The Morgan fingerprint density at radius 2 is 1.64 bits per heavy atom. The van der Waals surface area contributed by atoms with Crippen molar-refractivity contribution in [2.24, 2.45) is 0 Å². The zero-order valence-corrected chi connectivity index (χ0v) is 11.8. The van der Waals surface area contributed by atoms with Crippen LogP contribution in [-0.2, 0) is 16.9 Å². The third-order valence-electron chi connectivity index (χ3n) is 4.22. The van der Waals surface area contributed by atoms with Crippen molar-refractivity contribution in [2.75, 3.05) is 5.32 Å². The number of rotatable bonds is 2. The van der Waals surface area contributed by atoms with E-state index in [1.54, 1.807) is 24.3 Å². The highest BCUT2D eigenvalue weighted by Gasteiger charge is 2.47. The van der Waals surface area contributed by atoms with Gasteiger partial charge in [0.2, 0.25) is 5.67 Å². The van der Waals surface area contributed by atoms with E-state index in [-0.39, 0.29) is 6.42 Å². The van der Waals surface area contributed by atoms with Crippen molar-refractivity contribution < 1.29 is 9.18 Å². The molecule has 1 amide bonds. The molecule has 1 unspecified atom stereocenters. The van der Waals surface area contributed by atoms with Crippen LogP contribution in [0.1, 0.15) is 11.1 Å². The van der Waals surface area contributed by atoms with Crippen molar-refractivity contribution in [1.29, 1.82) is 0 Å². The minimum absolute atomic E-state index is 0.0423. The second kappa shape index (κ2) is 4.67. The van der Waals surface area contributed by atoms with Crippen LogP contribution in [0, 0.1) is 0 Å². The van der Waals surface area contributed by atoms with Crippen LogP contribution in [0.3, 0.4) is 0 Å². The van der Waals surface area contributed by atoms with E-state index in [9.17, 15) is 4.79 Å². The lowest BCUT2D eigenvalue weighted by atomic mass is 9.89. The third-order valence-corrected chi connectivity index (χ3v) is 4.22. The zero-order valence-electron chi connectivity index (χ0n) is 11.8. The molecule has 0 spiro atoms. The van der Waals surface area contributed by atoms with Gasteiger partial charge in [-0.05, 0) is 22.4 Å². The molecule has 1 N–H and O–H groups in total. The number of hydrogen-bond acceptors (Lipinski definition) is 1. The topological polar surface area (TPSA) is 29.1 Å². The van der Waals surface area contributed by atoms with Crippen molar-refractivity contribution in [3.05, 3.63) is 77.9 Å². The molecule has 4 rings (SSSR count). The molecule has 3 aromatic rings. The van der Waals surface area contributed by atoms with Gasteiger partial charge in [0.05, 0.1) is 0 Å². The normalized spacial score (nSPS) is 20.0. The number of fused-ring (bicyclic) bond motifs is 2. The van der Waals surface area contributed by atoms with E-state index < -0.39 is 11.6 Å². The van der Waals surface area contributed by atoms with Gasteiger partial charge >= 0.3 is 0 Å². The Bertz CT molecular complexity index is 889. The van der Waals surface area contributed by atoms with E-state index in [2.05, 4.69) is 5.32 Å². The van der Waals surface area contributed by atoms with Gasteiger partial charge in [-0.3, -0.25) is 4.79 Å². The summed E-state index contributed by atoms with van der Waals surface area (Å²) in [4.78, 5) is 12.1. The van der Waals surface area contributed by atoms with E-state index in [4.69, 9.17) is 0 Å². The molecule has 22 heavy (non-hydrogen) atoms. The summed E-state index contributed by atoms with van der Waals surface area (Å²) in [6, 6.07) is 20.7. The highest BCUT2D eigenvalue weighted by molar-refractivity contribution is 6.05. The lowest BCUT2D eigenvalue weighted by Gasteiger charge is -2.18. The van der Waals surface area contributed by atoms with Crippen LogP contribution in [-0.4, -0.2) is 5.91 Å². The fourth-order valence-corrected chi connectivity index (χ4v) is 3.09. The van der Waals surface area contributed by atoms with Crippen molar-refractivity contribution in [1.82, 2.24) is 0 Å². The third kappa shape index (κ3) is 1.90. The molecular formula is C19H14FNO. The van der Waals surface area contributed by atoms with Gasteiger partial charge in [0, 0.05) is 17.7 Å². The number of nitrogens with one attached hydrogen (secondary N) is 1. The quantitative estimate of drug-likeness (QED) is 0.753. The molecule has 1 heterocycles. The minimum Gasteiger partial charge on any atom is -0.323 e. The van der Waals surface area contributed by atoms with Crippen LogP contribution >= 0.6 is 0 Å². The molecule has 3 aromatic carbocycles. The lowest BCUT2D eigenvalue weighted by molar-refractivity contribution is -0.126. The molecule has 0 fully saturated rings. The number of carbonyl (C=O) groups is 1. The molecule has 0 saturated heterocycles. The summed E-state index contributed by atoms with van der Waals surface area (Å²) in [7, 11) is 0. The van der Waals surface area contributed by atoms with E-state index in [0.29, 0.717) is 11.3 Å². The van der Waals surface area contributed by atoms with Gasteiger partial charge in [-0.15, -0.1) is 0 Å². The number of para-hydroxylation sites is 1. The fraction of sp³-hybridized carbons (Fsp3) is 0.105. The van der Waals surface area contributed by atoms with Crippen LogP contribution in [0.5, 0.6) is 0 Å². The summed E-state index contributed by atoms with van der Waals surface area (Å²) < 4.78 is 15.4. The van der Waals surface area contributed by atoms with Gasteiger partial charge in [0.25, 0.3) is 5.91 Å². The maximum atomic E-state index is 15.4. The van der Waals surface area contributed by atoms with Gasteiger partial charge in [-0.25, -0.2) is 4.39 Å². The van der Waals surface area contributed by atoms with Crippen LogP contribution in [0.2, 0.25) is 0 Å². The highest BCUT2D eigenvalue weighted by Crippen LogP contribution is 2.41. The molecule has 0 aromatic heterocycles. The molecule has 0 saturated carbocycles. The first-order valence-electron chi connectivity index (χ1n) is 7.24. The molecule has 0 radical (unpaired) electrons. The lowest BCUT2D eigenvalue weighted by Crippen LogP contribution is -2.31. The monoisotopic (exact) mass is 291 g/mol. The first-order valence-corrected chi connectivity index (χ1v) is 7.24. The first-order chi connectivity index (χ1) is 10.7. The smallest absolute Gasteiger partial charge is 0.267 e. The number of carbonyl (C=O) groups excluding carboxylic acids is 1. The molecule has 1 aliphatic rings. The second-order valence-corrected chi connectivity index (χ2v) is 5.66. The predicted octanol–water partition coefficient (Wildman–Crippen LogP) is 4.20. The number of anilines is 1. The average molecular weight is 291 g/mol. The maximum absolute atomic E-state index is 15.4. The van der Waals surface area contributed by atoms with Crippen LogP contribution < -0.4 is 5.32 Å². The van der Waals surface area contributed by atoms with Gasteiger partial charge in [-0.1, -0.05) is 60.7 Å². The van der Waals surface area contributed by atoms with E-state index in [1.807, 2.05) is 42.5 Å². The number of amides is 1. The summed E-state index contributed by atoms with van der Waals surface area (Å²) in [6.07, 6.45) is 0.0423. The SMILES string of the molecule is O=C1Nc2ccccc2C1(F)Cc1ccc2ccccc2c1. The average Bonchev–Trinajstić information content (AvgIpc) is 2.79. The van der Waals surface area contributed by atoms with Gasteiger partial charge < -0.3 is 5.32 Å². The standard InChI is InChI=1S/C19H14FNO/c20-19(16-7-3-4-8-17(16)21-18(19)22)12-13-9-10-14-5-1-2-6-15(14)11-13/h1-11H,12H2,(H,21,22). The van der Waals surface area contributed by atoms with Crippen molar-refractivity contribution in [2.45, 2.75) is 12.1 Å². The highest BCUT2D eigenvalue weighted by atomic mass is 19.1. The van der Waals surface area contributed by atoms with Crippen molar-refractivity contribution >= 4 is 22.4 Å². The number of hydrogen-bond donors (Lipinski definition) is 1. The number of benzene rings is 3. The molecular weight excluding hydrogens is 277 g/mol. The Kier molecular flexibility index (Phi) is 2.76. The van der Waals surface area contributed by atoms with Crippen molar-refractivity contribution in [3.63, 3.8) is 0 Å². The van der Waals surface area contributed by atoms with Gasteiger partial charge in [0.1, 0.15) is 0 Å². The summed E-state index contributed by atoms with van der Waals surface area (Å²) in [5, 5.41) is 4.79. The Morgan fingerprint density at radius 3 is 2.50 bits per heavy atom. The van der Waals surface area contributed by atoms with Crippen LogP contribution in [0.25, 0.3) is 10.8 Å². The summed E-state index contributed by atoms with van der Waals surface area (Å²) in [5.74, 6) is -0.582. The molecule has 2 nitrogen and oxygen atoms in total. The number of alkyl halides is 1. The van der Waals surface area contributed by atoms with Crippen LogP contribution in [0.15, 0.2) is 66.7 Å². The Labute approximate surface area is 127 Å². The molecule has 1 aliphatic heterocycles. The summed E-state index contributed by atoms with van der Waals surface area (Å²) >= 11 is 0. The molecule has 0 aliphatic carbocycles. The second-order valence-electron chi connectivity index (χ2n) is 5.66. The fourth-order valence-electron chi connectivity index (χ4n) is 3.09. The van der Waals surface area contributed by atoms with Gasteiger partial charge in [-0.2, -0.15) is 0 Å². The Morgan fingerprint density at radius 1 is 0.909 bits per heavy atom. The predicted molar refractivity (Wildman–Crippen MR) is 85.5 cm³/mol. The maximum Gasteiger partial charge on any atom is 0.267 e. The molecule has 108 valence electrons. The van der Waals surface area contributed by atoms with Gasteiger partial charge in [0.15, 0.2) is 0 Å². The largest absolute Gasteiger partial charge is 0.323 e. The summed E-state index contributed by atoms with van der Waals surface area (Å²) in [6.45, 7) is 0. The molecule has 3 heteroatoms. The van der Waals surface area contributed by atoms with E-state index in [1.165, 1.54) is 0 Å². The minimum atomic E-state index is -2.00.